The third kappa shape index (κ3) is 3.32. The molecule has 1 aromatic rings. The highest BCUT2D eigenvalue weighted by molar-refractivity contribution is 5.75. The van der Waals surface area contributed by atoms with Gasteiger partial charge < -0.3 is 14.7 Å². The van der Waals surface area contributed by atoms with E-state index < -0.39 is 0 Å². The smallest absolute Gasteiger partial charge is 0.318 e. The van der Waals surface area contributed by atoms with Crippen LogP contribution in [-0.4, -0.2) is 29.2 Å². The molecule has 1 atom stereocenters. The molecule has 1 saturated heterocycles. The molecule has 0 spiro atoms. The number of nitrogens with one attached hydrogen (secondary N) is 1. The van der Waals surface area contributed by atoms with E-state index in [4.69, 9.17) is 4.52 Å². The second-order valence-electron chi connectivity index (χ2n) is 6.24. The highest BCUT2D eigenvalue weighted by atomic mass is 16.5. The summed E-state index contributed by atoms with van der Waals surface area (Å²) in [5.41, 5.74) is 0.953. The van der Waals surface area contributed by atoms with Gasteiger partial charge in [-0.3, -0.25) is 0 Å². The Kier molecular flexibility index (Phi) is 4.68. The third-order valence-corrected chi connectivity index (χ3v) is 3.64. The van der Waals surface area contributed by atoms with Crippen molar-refractivity contribution in [3.05, 3.63) is 17.5 Å². The van der Waals surface area contributed by atoms with Crippen molar-refractivity contribution >= 4 is 6.03 Å². The van der Waals surface area contributed by atoms with Crippen molar-refractivity contribution in [1.29, 1.82) is 0 Å². The maximum atomic E-state index is 12.2. The molecule has 0 radical (unpaired) electrons. The van der Waals surface area contributed by atoms with Gasteiger partial charge in [0.15, 0.2) is 5.76 Å². The van der Waals surface area contributed by atoms with Gasteiger partial charge in [0, 0.05) is 19.2 Å². The molecular formula is C15H25N3O2. The predicted octanol–water partition coefficient (Wildman–Crippen LogP) is 3.30. The number of hydrogen-bond donors (Lipinski definition) is 1. The highest BCUT2D eigenvalue weighted by Crippen LogP contribution is 2.33. The summed E-state index contributed by atoms with van der Waals surface area (Å²) < 4.78 is 5.44. The third-order valence-electron chi connectivity index (χ3n) is 3.64. The first-order chi connectivity index (χ1) is 9.49. The lowest BCUT2D eigenvalue weighted by Crippen LogP contribution is -2.40. The number of urea groups is 1. The second-order valence-corrected chi connectivity index (χ2v) is 6.24. The molecule has 1 unspecified atom stereocenters. The van der Waals surface area contributed by atoms with E-state index in [1.54, 1.807) is 0 Å². The van der Waals surface area contributed by atoms with Gasteiger partial charge in [-0.2, -0.15) is 0 Å². The number of amides is 2. The molecule has 0 aliphatic carbocycles. The fourth-order valence-corrected chi connectivity index (χ4v) is 2.43. The SMILES string of the molecule is CC(C)CNC(=O)N1CCCC1c1cc(C(C)C)no1. The number of carbonyl (C=O) groups is 1. The molecule has 0 aromatic carbocycles. The minimum Gasteiger partial charge on any atom is -0.359 e. The molecule has 20 heavy (non-hydrogen) atoms. The number of aromatic nitrogens is 1. The Bertz CT molecular complexity index is 454. The number of carbonyl (C=O) groups excluding carboxylic acids is 1. The van der Waals surface area contributed by atoms with Gasteiger partial charge in [-0.15, -0.1) is 0 Å². The van der Waals surface area contributed by atoms with Crippen LogP contribution in [0.5, 0.6) is 0 Å². The van der Waals surface area contributed by atoms with Crippen molar-refractivity contribution in [2.75, 3.05) is 13.1 Å². The summed E-state index contributed by atoms with van der Waals surface area (Å²) in [6.07, 6.45) is 1.96. The maximum absolute atomic E-state index is 12.2. The Balaban J connectivity index is 2.04. The van der Waals surface area contributed by atoms with Crippen molar-refractivity contribution in [3.63, 3.8) is 0 Å². The molecule has 1 aliphatic rings. The van der Waals surface area contributed by atoms with Gasteiger partial charge in [0.2, 0.25) is 0 Å². The quantitative estimate of drug-likeness (QED) is 0.920. The number of rotatable bonds is 4. The van der Waals surface area contributed by atoms with Crippen LogP contribution in [0.1, 0.15) is 64.0 Å². The summed E-state index contributed by atoms with van der Waals surface area (Å²) in [4.78, 5) is 14.1. The first kappa shape index (κ1) is 14.9. The van der Waals surface area contributed by atoms with Crippen molar-refractivity contribution in [2.24, 2.45) is 5.92 Å². The molecule has 1 aliphatic heterocycles. The molecule has 1 fully saturated rings. The van der Waals surface area contributed by atoms with Crippen LogP contribution in [0.4, 0.5) is 4.79 Å². The molecular weight excluding hydrogens is 254 g/mol. The molecule has 112 valence electrons. The van der Waals surface area contributed by atoms with E-state index in [2.05, 4.69) is 38.2 Å². The number of likely N-dealkylation sites (tertiary alicyclic amines) is 1. The molecule has 2 amide bonds. The zero-order valence-corrected chi connectivity index (χ0v) is 12.8. The van der Waals surface area contributed by atoms with Crippen molar-refractivity contribution in [2.45, 2.75) is 52.5 Å². The van der Waals surface area contributed by atoms with Crippen LogP contribution in [-0.2, 0) is 0 Å². The summed E-state index contributed by atoms with van der Waals surface area (Å²) in [6, 6.07) is 2.02. The van der Waals surface area contributed by atoms with E-state index >= 15 is 0 Å². The Morgan fingerprint density at radius 1 is 1.50 bits per heavy atom. The zero-order valence-electron chi connectivity index (χ0n) is 12.8. The van der Waals surface area contributed by atoms with Gasteiger partial charge >= 0.3 is 6.03 Å². The topological polar surface area (TPSA) is 58.4 Å². The van der Waals surface area contributed by atoms with Crippen molar-refractivity contribution < 1.29 is 9.32 Å². The molecule has 2 heterocycles. The fourth-order valence-electron chi connectivity index (χ4n) is 2.43. The molecule has 2 rings (SSSR count). The van der Waals surface area contributed by atoms with E-state index in [9.17, 15) is 4.79 Å². The maximum Gasteiger partial charge on any atom is 0.318 e. The average Bonchev–Trinajstić information content (AvgIpc) is 3.03. The predicted molar refractivity (Wildman–Crippen MR) is 77.5 cm³/mol. The zero-order chi connectivity index (χ0) is 14.7. The molecule has 1 aromatic heterocycles. The van der Waals surface area contributed by atoms with Gasteiger partial charge in [0.05, 0.1) is 11.7 Å². The van der Waals surface area contributed by atoms with Crippen LogP contribution in [0.15, 0.2) is 10.6 Å². The van der Waals surface area contributed by atoms with E-state index in [0.29, 0.717) is 18.4 Å². The summed E-state index contributed by atoms with van der Waals surface area (Å²) >= 11 is 0. The largest absolute Gasteiger partial charge is 0.359 e. The fraction of sp³-hybridized carbons (Fsp3) is 0.733. The summed E-state index contributed by atoms with van der Waals surface area (Å²) in [5.74, 6) is 1.61. The Hall–Kier alpha value is -1.52. The lowest BCUT2D eigenvalue weighted by atomic mass is 10.1. The summed E-state index contributed by atoms with van der Waals surface area (Å²) in [7, 11) is 0. The molecule has 0 saturated carbocycles. The Labute approximate surface area is 120 Å². The standard InChI is InChI=1S/C15H25N3O2/c1-10(2)9-16-15(19)18-7-5-6-13(18)14-8-12(11(3)4)17-20-14/h8,10-11,13H,5-7,9H2,1-4H3,(H,16,19). The number of nitrogens with zero attached hydrogens (tertiary/aromatic N) is 2. The molecule has 5 heteroatoms. The Morgan fingerprint density at radius 2 is 2.25 bits per heavy atom. The normalized spacial score (nSPS) is 19.1. The van der Waals surface area contributed by atoms with Crippen LogP contribution in [0.3, 0.4) is 0 Å². The van der Waals surface area contributed by atoms with E-state index in [1.807, 2.05) is 11.0 Å². The van der Waals surface area contributed by atoms with Gasteiger partial charge in [0.25, 0.3) is 0 Å². The van der Waals surface area contributed by atoms with E-state index in [1.165, 1.54) is 0 Å². The van der Waals surface area contributed by atoms with Gasteiger partial charge in [0.1, 0.15) is 0 Å². The van der Waals surface area contributed by atoms with Gasteiger partial charge in [-0.05, 0) is 24.7 Å². The van der Waals surface area contributed by atoms with Crippen LogP contribution < -0.4 is 5.32 Å². The first-order valence-electron chi connectivity index (χ1n) is 7.50. The minimum absolute atomic E-state index is 0.00342. The molecule has 5 nitrogen and oxygen atoms in total. The summed E-state index contributed by atoms with van der Waals surface area (Å²) in [6.45, 7) is 9.84. The van der Waals surface area contributed by atoms with Crippen LogP contribution in [0.25, 0.3) is 0 Å². The lowest BCUT2D eigenvalue weighted by molar-refractivity contribution is 0.181. The van der Waals surface area contributed by atoms with Crippen molar-refractivity contribution in [3.8, 4) is 0 Å². The van der Waals surface area contributed by atoms with Crippen LogP contribution >= 0.6 is 0 Å². The summed E-state index contributed by atoms with van der Waals surface area (Å²) in [5, 5.41) is 7.07. The lowest BCUT2D eigenvalue weighted by Gasteiger charge is -2.23. The van der Waals surface area contributed by atoms with Gasteiger partial charge in [-0.25, -0.2) is 4.79 Å². The molecule has 1 N–H and O–H groups in total. The first-order valence-corrected chi connectivity index (χ1v) is 7.50. The van der Waals surface area contributed by atoms with Crippen LogP contribution in [0.2, 0.25) is 0 Å². The van der Waals surface area contributed by atoms with Gasteiger partial charge in [-0.1, -0.05) is 32.9 Å². The number of hydrogen-bond acceptors (Lipinski definition) is 3. The monoisotopic (exact) mass is 279 g/mol. The minimum atomic E-state index is 0.00342. The van der Waals surface area contributed by atoms with E-state index in [0.717, 1.165) is 30.8 Å². The van der Waals surface area contributed by atoms with Crippen LogP contribution in [0, 0.1) is 5.92 Å². The average molecular weight is 279 g/mol. The van der Waals surface area contributed by atoms with Crippen molar-refractivity contribution in [1.82, 2.24) is 15.4 Å². The Morgan fingerprint density at radius 3 is 2.85 bits per heavy atom. The highest BCUT2D eigenvalue weighted by Gasteiger charge is 2.32. The molecule has 0 bridgehead atoms. The second kappa shape index (κ2) is 6.29. The van der Waals surface area contributed by atoms with E-state index in [-0.39, 0.29) is 12.1 Å².